The number of ether oxygens (including phenoxy) is 2. The van der Waals surface area contributed by atoms with Crippen LogP contribution in [0.25, 0.3) is 11.3 Å². The van der Waals surface area contributed by atoms with Gasteiger partial charge in [0.1, 0.15) is 11.5 Å². The molecule has 0 radical (unpaired) electrons. The van der Waals surface area contributed by atoms with Gasteiger partial charge >= 0.3 is 13.1 Å². The largest absolute Gasteiger partial charge is 0.507 e. The van der Waals surface area contributed by atoms with Crippen molar-refractivity contribution >= 4 is 18.6 Å². The number of carbonyl (C=O) groups is 1. The number of benzene rings is 2. The molecule has 1 aliphatic heterocycles. The Morgan fingerprint density at radius 2 is 1.48 bits per heavy atom. The number of aryl methyl sites for hydroxylation is 1. The zero-order valence-corrected chi connectivity index (χ0v) is 29.5. The molecule has 0 aliphatic carbocycles. The number of nitrogens with two attached hydrogens (primary N) is 1. The van der Waals surface area contributed by atoms with Gasteiger partial charge in [-0.2, -0.15) is 0 Å². The average molecular weight is 635 g/mol. The Hall–Kier alpha value is -3.44. The van der Waals surface area contributed by atoms with E-state index < -0.39 is 13.1 Å². The fraction of sp³-hybridized carbons (Fsp3) is 0.500. The first kappa shape index (κ1) is 37.0. The van der Waals surface area contributed by atoms with E-state index in [0.717, 1.165) is 16.8 Å². The van der Waals surface area contributed by atoms with E-state index in [1.807, 2.05) is 39.8 Å². The number of hydrogen-bond acceptors (Lipinski definition) is 8. The minimum atomic E-state index is -1.05. The van der Waals surface area contributed by atoms with Crippen molar-refractivity contribution in [2.24, 2.45) is 5.73 Å². The Bertz CT molecular complexity index is 1540. The number of aromatic carboxylic acids is 1. The normalized spacial score (nSPS) is 15.7. The molecule has 2 heterocycles. The minimum Gasteiger partial charge on any atom is -0.507 e. The molecule has 46 heavy (non-hydrogen) atoms. The van der Waals surface area contributed by atoms with Gasteiger partial charge < -0.3 is 34.7 Å². The van der Waals surface area contributed by atoms with Gasteiger partial charge in [-0.15, -0.1) is 0 Å². The quantitative estimate of drug-likeness (QED) is 0.197. The van der Waals surface area contributed by atoms with E-state index in [-0.39, 0.29) is 46.7 Å². The Morgan fingerprint density at radius 1 is 0.935 bits per heavy atom. The van der Waals surface area contributed by atoms with E-state index in [2.05, 4.69) is 58.7 Å². The van der Waals surface area contributed by atoms with Gasteiger partial charge in [0.05, 0.1) is 28.2 Å². The smallest absolute Gasteiger partial charge is 0.498 e. The second kappa shape index (κ2) is 13.7. The van der Waals surface area contributed by atoms with Crippen LogP contribution >= 0.6 is 0 Å². The lowest BCUT2D eigenvalue weighted by Gasteiger charge is -2.32. The molecule has 0 unspecified atom stereocenters. The van der Waals surface area contributed by atoms with Gasteiger partial charge in [0.2, 0.25) is 0 Å². The molecule has 1 aromatic heterocycles. The fourth-order valence-electron chi connectivity index (χ4n) is 4.96. The minimum absolute atomic E-state index is 0.0413. The van der Waals surface area contributed by atoms with E-state index in [0.29, 0.717) is 22.5 Å². The van der Waals surface area contributed by atoms with Gasteiger partial charge in [-0.1, -0.05) is 59.7 Å². The second-order valence-corrected chi connectivity index (χ2v) is 14.8. The number of hydrogen-bond donors (Lipinski definition) is 3. The first-order valence-electron chi connectivity index (χ1n) is 15.5. The molecule has 4 N–H and O–H groups in total. The van der Waals surface area contributed by atoms with Crippen LogP contribution in [-0.4, -0.2) is 53.4 Å². The Kier molecular flexibility index (Phi) is 11.1. The lowest BCUT2D eigenvalue weighted by atomic mass is 9.76. The van der Waals surface area contributed by atoms with E-state index in [1.165, 1.54) is 5.56 Å². The molecule has 0 spiro atoms. The lowest BCUT2D eigenvalue weighted by molar-refractivity contribution is 0.00578. The van der Waals surface area contributed by atoms with Crippen LogP contribution in [0, 0.1) is 6.92 Å². The zero-order chi connectivity index (χ0) is 34.8. The highest BCUT2D eigenvalue weighted by Crippen LogP contribution is 2.38. The molecule has 10 heteroatoms. The number of phenols is 1. The van der Waals surface area contributed by atoms with E-state index >= 15 is 0 Å². The second-order valence-electron chi connectivity index (χ2n) is 14.8. The van der Waals surface area contributed by atoms with Crippen LogP contribution in [0.3, 0.4) is 0 Å². The predicted molar refractivity (Wildman–Crippen MR) is 183 cm³/mol. The summed E-state index contributed by atoms with van der Waals surface area (Å²) in [6.07, 6.45) is 0. The standard InChI is InChI=1S/C18H29BO4.C18H22N2O3/c1-16(2,3)13-9-10-14(15(11-13)21-12-20-8)19-22-17(4,5)18(6,7)23-19;1-10-16(17(22)23)11(9-19)7-14(20-10)13-6-5-12(8-15(13)21)18(2,3)4/h9-11H,12H2,1-8H3;5-8,21H,9,19H2,1-4H3,(H,22,23). The summed E-state index contributed by atoms with van der Waals surface area (Å²) in [5, 5.41) is 19.6. The maximum atomic E-state index is 11.3. The van der Waals surface area contributed by atoms with Gasteiger partial charge in [0, 0.05) is 24.7 Å². The molecule has 0 amide bonds. The summed E-state index contributed by atoms with van der Waals surface area (Å²) in [5.74, 6) is -0.178. The Balaban J connectivity index is 0.000000250. The van der Waals surface area contributed by atoms with Crippen molar-refractivity contribution in [3.05, 3.63) is 70.4 Å². The highest BCUT2D eigenvalue weighted by Gasteiger charge is 2.52. The van der Waals surface area contributed by atoms with E-state index in [9.17, 15) is 15.0 Å². The van der Waals surface area contributed by atoms with Crippen molar-refractivity contribution in [3.8, 4) is 22.8 Å². The number of aromatic hydroxyl groups is 1. The van der Waals surface area contributed by atoms with Crippen molar-refractivity contribution in [2.75, 3.05) is 13.9 Å². The van der Waals surface area contributed by atoms with Gasteiger partial charge in [-0.25, -0.2) is 4.79 Å². The molecular weight excluding hydrogens is 583 g/mol. The van der Waals surface area contributed by atoms with Crippen molar-refractivity contribution in [1.82, 2.24) is 4.98 Å². The number of aromatic nitrogens is 1. The van der Waals surface area contributed by atoms with Crippen molar-refractivity contribution in [3.63, 3.8) is 0 Å². The molecule has 1 saturated heterocycles. The average Bonchev–Trinajstić information content (AvgIpc) is 3.16. The molecule has 0 atom stereocenters. The number of carboxylic acid groups (broad SMARTS) is 1. The number of carboxylic acids is 1. The molecule has 250 valence electrons. The van der Waals surface area contributed by atoms with Crippen molar-refractivity contribution in [2.45, 2.75) is 105 Å². The van der Waals surface area contributed by atoms with Crippen LogP contribution in [0.5, 0.6) is 11.5 Å². The molecular formula is C36H51BN2O7. The van der Waals surface area contributed by atoms with Gasteiger partial charge in [-0.05, 0) is 86.4 Å². The maximum Gasteiger partial charge on any atom is 0.498 e. The first-order valence-corrected chi connectivity index (χ1v) is 15.5. The van der Waals surface area contributed by atoms with Gasteiger partial charge in [0.15, 0.2) is 6.79 Å². The summed E-state index contributed by atoms with van der Waals surface area (Å²) < 4.78 is 23.2. The van der Waals surface area contributed by atoms with Crippen LogP contribution < -0.4 is 15.9 Å². The predicted octanol–water partition coefficient (Wildman–Crippen LogP) is 6.48. The number of pyridine rings is 1. The van der Waals surface area contributed by atoms with Crippen LogP contribution in [0.1, 0.15) is 102 Å². The van der Waals surface area contributed by atoms with Crippen LogP contribution in [-0.2, 0) is 31.4 Å². The monoisotopic (exact) mass is 634 g/mol. The van der Waals surface area contributed by atoms with Crippen LogP contribution in [0.15, 0.2) is 42.5 Å². The summed E-state index contributed by atoms with van der Waals surface area (Å²) in [7, 11) is 1.17. The van der Waals surface area contributed by atoms with E-state index in [4.69, 9.17) is 24.5 Å². The Morgan fingerprint density at radius 3 is 1.96 bits per heavy atom. The molecule has 4 rings (SSSR count). The third-order valence-corrected chi connectivity index (χ3v) is 8.57. The summed E-state index contributed by atoms with van der Waals surface area (Å²) in [6, 6.07) is 13.3. The highest BCUT2D eigenvalue weighted by atomic mass is 16.7. The third-order valence-electron chi connectivity index (χ3n) is 8.57. The Labute approximate surface area is 274 Å². The molecule has 1 aliphatic rings. The SMILES string of the molecule is COCOc1cc(C(C)(C)C)ccc1B1OC(C)(C)C(C)(C)O1.Cc1nc(-c2ccc(C(C)(C)C)cc2O)cc(CN)c1C(=O)O. The summed E-state index contributed by atoms with van der Waals surface area (Å²) >= 11 is 0. The maximum absolute atomic E-state index is 11.3. The highest BCUT2D eigenvalue weighted by molar-refractivity contribution is 6.63. The van der Waals surface area contributed by atoms with Crippen LogP contribution in [0.2, 0.25) is 0 Å². The molecule has 3 aromatic rings. The van der Waals surface area contributed by atoms with Gasteiger partial charge in [-0.3, -0.25) is 4.98 Å². The molecule has 0 bridgehead atoms. The van der Waals surface area contributed by atoms with E-state index in [1.54, 1.807) is 32.2 Å². The van der Waals surface area contributed by atoms with Crippen molar-refractivity contribution in [1.29, 1.82) is 0 Å². The summed E-state index contributed by atoms with van der Waals surface area (Å²) in [6.45, 7) is 22.8. The summed E-state index contributed by atoms with van der Waals surface area (Å²) in [5.41, 5.74) is 10.1. The van der Waals surface area contributed by atoms with Crippen molar-refractivity contribution < 1.29 is 33.8 Å². The van der Waals surface area contributed by atoms with Crippen LogP contribution in [0.4, 0.5) is 0 Å². The zero-order valence-electron chi connectivity index (χ0n) is 29.5. The topological polar surface area (TPSA) is 133 Å². The van der Waals surface area contributed by atoms with Gasteiger partial charge in [0.25, 0.3) is 0 Å². The number of methoxy groups -OCH3 is 1. The lowest BCUT2D eigenvalue weighted by Crippen LogP contribution is -2.41. The summed E-state index contributed by atoms with van der Waals surface area (Å²) in [4.78, 5) is 15.7. The molecule has 2 aromatic carbocycles. The number of nitrogens with zero attached hydrogens (tertiary/aromatic N) is 1. The fourth-order valence-corrected chi connectivity index (χ4v) is 4.96. The number of phenolic OH excluding ortho intramolecular Hbond substituents is 1. The molecule has 0 saturated carbocycles. The first-order chi connectivity index (χ1) is 21.1. The molecule has 1 fully saturated rings. The third kappa shape index (κ3) is 8.28. The molecule has 9 nitrogen and oxygen atoms in total. The number of rotatable bonds is 7.